The van der Waals surface area contributed by atoms with Crippen molar-refractivity contribution in [3.05, 3.63) is 29.3 Å². The van der Waals surface area contributed by atoms with Gasteiger partial charge in [0.25, 0.3) is 0 Å². The zero-order valence-electron chi connectivity index (χ0n) is 7.69. The molecule has 14 heavy (non-hydrogen) atoms. The van der Waals surface area contributed by atoms with Crippen LogP contribution in [0.4, 0.5) is 0 Å². The summed E-state index contributed by atoms with van der Waals surface area (Å²) < 4.78 is 5.39. The first-order chi connectivity index (χ1) is 6.76. The van der Waals surface area contributed by atoms with E-state index in [0.717, 1.165) is 0 Å². The average molecular weight is 217 g/mol. The van der Waals surface area contributed by atoms with Crippen molar-refractivity contribution in [2.24, 2.45) is 0 Å². The maximum absolute atomic E-state index is 8.92. The Morgan fingerprint density at radius 2 is 2.14 bits per heavy atom. The molecule has 4 heteroatoms. The summed E-state index contributed by atoms with van der Waals surface area (Å²) in [5.41, 5.74) is 0. The normalized spacial score (nSPS) is 12.5. The fourth-order valence-electron chi connectivity index (χ4n) is 1.06. The summed E-state index contributed by atoms with van der Waals surface area (Å²) in [4.78, 5) is 0. The first kappa shape index (κ1) is 11.3. The molecule has 0 bridgehead atoms. The number of halogens is 1. The van der Waals surface area contributed by atoms with Gasteiger partial charge in [-0.2, -0.15) is 0 Å². The molecule has 0 saturated carbocycles. The van der Waals surface area contributed by atoms with Crippen LogP contribution in [0.3, 0.4) is 0 Å². The second-order valence-electron chi connectivity index (χ2n) is 2.89. The largest absolute Gasteiger partial charge is 0.488 e. The number of benzene rings is 1. The van der Waals surface area contributed by atoms with Crippen LogP contribution in [0.25, 0.3) is 0 Å². The number of hydrogen-bond donors (Lipinski definition) is 2. The standard InChI is InChI=1S/C10H13ClO3/c11-8-2-1-3-9(6-8)14-10(7-13)4-5-12/h1-3,6,10,12-13H,4-5,7H2. The van der Waals surface area contributed by atoms with Gasteiger partial charge in [0, 0.05) is 18.1 Å². The quantitative estimate of drug-likeness (QED) is 0.784. The number of ether oxygens (including phenoxy) is 1. The Morgan fingerprint density at radius 1 is 1.36 bits per heavy atom. The van der Waals surface area contributed by atoms with Crippen molar-refractivity contribution in [1.82, 2.24) is 0 Å². The minimum absolute atomic E-state index is 0.00814. The van der Waals surface area contributed by atoms with Crippen molar-refractivity contribution >= 4 is 11.6 Å². The lowest BCUT2D eigenvalue weighted by atomic mass is 10.2. The Morgan fingerprint density at radius 3 is 2.71 bits per heavy atom. The molecule has 0 aromatic heterocycles. The molecule has 0 heterocycles. The molecule has 0 amide bonds. The highest BCUT2D eigenvalue weighted by Crippen LogP contribution is 2.18. The fourth-order valence-corrected chi connectivity index (χ4v) is 1.24. The molecule has 0 aliphatic carbocycles. The van der Waals surface area contributed by atoms with Gasteiger partial charge in [0.2, 0.25) is 0 Å². The molecule has 0 saturated heterocycles. The van der Waals surface area contributed by atoms with E-state index in [1.807, 2.05) is 0 Å². The van der Waals surface area contributed by atoms with Crippen molar-refractivity contribution in [2.45, 2.75) is 12.5 Å². The predicted octanol–water partition coefficient (Wildman–Crippen LogP) is 1.46. The van der Waals surface area contributed by atoms with Gasteiger partial charge in [0.15, 0.2) is 0 Å². The minimum atomic E-state index is -0.376. The van der Waals surface area contributed by atoms with Crippen molar-refractivity contribution < 1.29 is 14.9 Å². The Balaban J connectivity index is 2.57. The van der Waals surface area contributed by atoms with Gasteiger partial charge in [-0.15, -0.1) is 0 Å². The third-order valence-corrected chi connectivity index (χ3v) is 1.99. The fraction of sp³-hybridized carbons (Fsp3) is 0.400. The summed E-state index contributed by atoms with van der Waals surface area (Å²) in [5, 5.41) is 18.2. The van der Waals surface area contributed by atoms with Crippen LogP contribution < -0.4 is 4.74 Å². The highest BCUT2D eigenvalue weighted by molar-refractivity contribution is 6.30. The first-order valence-corrected chi connectivity index (χ1v) is 4.78. The van der Waals surface area contributed by atoms with Gasteiger partial charge in [-0.25, -0.2) is 0 Å². The van der Waals surface area contributed by atoms with Crippen molar-refractivity contribution in [2.75, 3.05) is 13.2 Å². The Bertz CT molecular complexity index is 278. The molecule has 0 fully saturated rings. The highest BCUT2D eigenvalue weighted by Gasteiger charge is 2.08. The summed E-state index contributed by atoms with van der Waals surface area (Å²) in [6, 6.07) is 6.94. The summed E-state index contributed by atoms with van der Waals surface area (Å²) in [6.07, 6.45) is 0.0293. The summed E-state index contributed by atoms with van der Waals surface area (Å²) in [6.45, 7) is -0.126. The lowest BCUT2D eigenvalue weighted by Crippen LogP contribution is -2.22. The van der Waals surface area contributed by atoms with Gasteiger partial charge in [0.05, 0.1) is 6.61 Å². The van der Waals surface area contributed by atoms with Gasteiger partial charge in [-0.1, -0.05) is 17.7 Å². The van der Waals surface area contributed by atoms with Crippen LogP contribution in [0, 0.1) is 0 Å². The highest BCUT2D eigenvalue weighted by atomic mass is 35.5. The van der Waals surface area contributed by atoms with Gasteiger partial charge in [-0.3, -0.25) is 0 Å². The molecule has 1 atom stereocenters. The van der Waals surface area contributed by atoms with E-state index in [1.54, 1.807) is 24.3 Å². The number of aliphatic hydroxyl groups is 2. The van der Waals surface area contributed by atoms with E-state index in [4.69, 9.17) is 26.6 Å². The van der Waals surface area contributed by atoms with E-state index in [0.29, 0.717) is 17.2 Å². The summed E-state index contributed by atoms with van der Waals surface area (Å²) in [7, 11) is 0. The van der Waals surface area contributed by atoms with Crippen LogP contribution in [0.15, 0.2) is 24.3 Å². The number of hydrogen-bond acceptors (Lipinski definition) is 3. The third-order valence-electron chi connectivity index (χ3n) is 1.75. The second kappa shape index (κ2) is 5.86. The molecule has 0 aliphatic rings. The molecule has 0 spiro atoms. The van der Waals surface area contributed by atoms with E-state index in [2.05, 4.69) is 0 Å². The topological polar surface area (TPSA) is 49.7 Å². The zero-order valence-corrected chi connectivity index (χ0v) is 8.44. The lowest BCUT2D eigenvalue weighted by molar-refractivity contribution is 0.0906. The smallest absolute Gasteiger partial charge is 0.124 e. The van der Waals surface area contributed by atoms with E-state index >= 15 is 0 Å². The van der Waals surface area contributed by atoms with Gasteiger partial charge >= 0.3 is 0 Å². The molecule has 2 N–H and O–H groups in total. The Hall–Kier alpha value is -0.770. The number of aliphatic hydroxyl groups excluding tert-OH is 2. The zero-order chi connectivity index (χ0) is 10.4. The molecule has 3 nitrogen and oxygen atoms in total. The van der Waals surface area contributed by atoms with Crippen LogP contribution in [0.1, 0.15) is 6.42 Å². The van der Waals surface area contributed by atoms with Gasteiger partial charge in [0.1, 0.15) is 11.9 Å². The summed E-state index contributed by atoms with van der Waals surface area (Å²) in [5.74, 6) is 0.602. The second-order valence-corrected chi connectivity index (χ2v) is 3.33. The molecule has 1 aromatic carbocycles. The molecule has 1 aromatic rings. The monoisotopic (exact) mass is 216 g/mol. The molecule has 1 unspecified atom stereocenters. The Kier molecular flexibility index (Phi) is 4.73. The number of rotatable bonds is 5. The molecular weight excluding hydrogens is 204 g/mol. The molecule has 0 aliphatic heterocycles. The predicted molar refractivity (Wildman–Crippen MR) is 54.7 cm³/mol. The van der Waals surface area contributed by atoms with E-state index in [1.165, 1.54) is 0 Å². The molecule has 0 radical (unpaired) electrons. The third kappa shape index (κ3) is 3.54. The lowest BCUT2D eigenvalue weighted by Gasteiger charge is -2.15. The molecule has 78 valence electrons. The van der Waals surface area contributed by atoms with Crippen molar-refractivity contribution in [1.29, 1.82) is 0 Å². The molecular formula is C10H13ClO3. The van der Waals surface area contributed by atoms with Crippen LogP contribution in [0.5, 0.6) is 5.75 Å². The maximum atomic E-state index is 8.92. The van der Waals surface area contributed by atoms with Crippen molar-refractivity contribution in [3.63, 3.8) is 0 Å². The van der Waals surface area contributed by atoms with E-state index in [9.17, 15) is 0 Å². The van der Waals surface area contributed by atoms with Gasteiger partial charge < -0.3 is 14.9 Å². The SMILES string of the molecule is OCCC(CO)Oc1cccc(Cl)c1. The maximum Gasteiger partial charge on any atom is 0.124 e. The summed E-state index contributed by atoms with van der Waals surface area (Å²) >= 11 is 5.76. The Labute approximate surface area is 87.9 Å². The van der Waals surface area contributed by atoms with E-state index in [-0.39, 0.29) is 19.3 Å². The van der Waals surface area contributed by atoms with Crippen LogP contribution in [-0.4, -0.2) is 29.5 Å². The first-order valence-electron chi connectivity index (χ1n) is 4.40. The average Bonchev–Trinajstić information content (AvgIpc) is 2.17. The minimum Gasteiger partial charge on any atom is -0.488 e. The molecule has 1 rings (SSSR count). The van der Waals surface area contributed by atoms with Gasteiger partial charge in [-0.05, 0) is 18.2 Å². The van der Waals surface area contributed by atoms with Crippen LogP contribution in [0.2, 0.25) is 5.02 Å². The van der Waals surface area contributed by atoms with E-state index < -0.39 is 0 Å². The van der Waals surface area contributed by atoms with Crippen LogP contribution in [-0.2, 0) is 0 Å². The van der Waals surface area contributed by atoms with Crippen molar-refractivity contribution in [3.8, 4) is 5.75 Å². The van der Waals surface area contributed by atoms with Crippen LogP contribution >= 0.6 is 11.6 Å².